The molecule has 0 aliphatic heterocycles. The molecule has 16 heavy (non-hydrogen) atoms. The lowest BCUT2D eigenvalue weighted by molar-refractivity contribution is 0.127. The summed E-state index contributed by atoms with van der Waals surface area (Å²) in [7, 11) is 1.66. The van der Waals surface area contributed by atoms with E-state index in [1.807, 2.05) is 6.07 Å². The van der Waals surface area contributed by atoms with E-state index in [0.29, 0.717) is 24.7 Å². The molecule has 0 atom stereocenters. The zero-order valence-electron chi connectivity index (χ0n) is 9.40. The monoisotopic (exact) mass is 244 g/mol. The van der Waals surface area contributed by atoms with Crippen molar-refractivity contribution in [3.05, 3.63) is 29.0 Å². The second-order valence-electron chi connectivity index (χ2n) is 3.46. The summed E-state index contributed by atoms with van der Waals surface area (Å²) >= 11 is 6.02. The molecule has 0 fully saturated rings. The van der Waals surface area contributed by atoms with Gasteiger partial charge in [-0.05, 0) is 11.6 Å². The molecule has 1 aromatic heterocycles. The van der Waals surface area contributed by atoms with Crippen LogP contribution in [0.1, 0.15) is 5.56 Å². The van der Waals surface area contributed by atoms with Crippen LogP contribution in [-0.2, 0) is 11.3 Å². The number of methoxy groups -OCH3 is 1. The number of aliphatic hydroxyl groups excluding tert-OH is 1. The van der Waals surface area contributed by atoms with Gasteiger partial charge in [-0.25, -0.2) is 0 Å². The number of aromatic nitrogens is 1. The number of rotatable bonds is 7. The Labute approximate surface area is 101 Å². The van der Waals surface area contributed by atoms with E-state index in [4.69, 9.17) is 21.4 Å². The summed E-state index contributed by atoms with van der Waals surface area (Å²) in [6, 6.07) is 1.89. The molecular formula is C11H17ClN2O2. The highest BCUT2D eigenvalue weighted by molar-refractivity contribution is 6.31. The predicted molar refractivity (Wildman–Crippen MR) is 63.5 cm³/mol. The summed E-state index contributed by atoms with van der Waals surface area (Å²) in [4.78, 5) is 6.02. The predicted octanol–water partition coefficient (Wildman–Crippen LogP) is 1.18. The van der Waals surface area contributed by atoms with Gasteiger partial charge in [0.1, 0.15) is 0 Å². The first-order chi connectivity index (χ1) is 7.77. The summed E-state index contributed by atoms with van der Waals surface area (Å²) in [5.41, 5.74) is 1.02. The average molecular weight is 245 g/mol. The van der Waals surface area contributed by atoms with Crippen molar-refractivity contribution in [1.82, 2.24) is 9.88 Å². The number of hydrogen-bond acceptors (Lipinski definition) is 4. The normalized spacial score (nSPS) is 11.0. The summed E-state index contributed by atoms with van der Waals surface area (Å²) in [5, 5.41) is 9.61. The Balaban J connectivity index is 2.56. The van der Waals surface area contributed by atoms with E-state index in [1.165, 1.54) is 0 Å². The number of pyridine rings is 1. The molecule has 1 aromatic rings. The number of ether oxygens (including phenoxy) is 1. The molecule has 0 amide bonds. The molecule has 0 aliphatic carbocycles. The largest absolute Gasteiger partial charge is 0.395 e. The Kier molecular flexibility index (Phi) is 6.33. The summed E-state index contributed by atoms with van der Waals surface area (Å²) in [6.45, 7) is 2.86. The van der Waals surface area contributed by atoms with E-state index in [0.717, 1.165) is 12.1 Å². The Hall–Kier alpha value is -0.680. The Morgan fingerprint density at radius 1 is 1.50 bits per heavy atom. The highest BCUT2D eigenvalue weighted by Crippen LogP contribution is 2.15. The number of nitrogens with zero attached hydrogens (tertiary/aromatic N) is 2. The highest BCUT2D eigenvalue weighted by atomic mass is 35.5. The zero-order chi connectivity index (χ0) is 11.8. The minimum atomic E-state index is 0.131. The highest BCUT2D eigenvalue weighted by Gasteiger charge is 2.07. The Morgan fingerprint density at radius 2 is 2.31 bits per heavy atom. The fraction of sp³-hybridized carbons (Fsp3) is 0.545. The van der Waals surface area contributed by atoms with Gasteiger partial charge in [0.05, 0.1) is 18.2 Å². The third-order valence-electron chi connectivity index (χ3n) is 2.28. The Bertz CT molecular complexity index is 310. The van der Waals surface area contributed by atoms with Crippen LogP contribution in [0.4, 0.5) is 0 Å². The van der Waals surface area contributed by atoms with Crippen molar-refractivity contribution >= 4 is 11.6 Å². The third kappa shape index (κ3) is 4.45. The topological polar surface area (TPSA) is 45.6 Å². The minimum absolute atomic E-state index is 0.131. The van der Waals surface area contributed by atoms with E-state index >= 15 is 0 Å². The van der Waals surface area contributed by atoms with Crippen LogP contribution in [0.3, 0.4) is 0 Å². The van der Waals surface area contributed by atoms with E-state index in [1.54, 1.807) is 19.5 Å². The van der Waals surface area contributed by atoms with Crippen LogP contribution in [0.5, 0.6) is 0 Å². The van der Waals surface area contributed by atoms with Crippen molar-refractivity contribution < 1.29 is 9.84 Å². The zero-order valence-corrected chi connectivity index (χ0v) is 10.2. The molecule has 0 aromatic carbocycles. The fourth-order valence-electron chi connectivity index (χ4n) is 1.40. The lowest BCUT2D eigenvalue weighted by Crippen LogP contribution is -2.29. The number of halogens is 1. The molecule has 1 rings (SSSR count). The van der Waals surface area contributed by atoms with Gasteiger partial charge in [0.2, 0.25) is 0 Å². The summed E-state index contributed by atoms with van der Waals surface area (Å²) < 4.78 is 5.02. The van der Waals surface area contributed by atoms with Crippen molar-refractivity contribution in [2.75, 3.05) is 33.4 Å². The molecule has 90 valence electrons. The van der Waals surface area contributed by atoms with Crippen molar-refractivity contribution in [2.45, 2.75) is 6.54 Å². The lowest BCUT2D eigenvalue weighted by Gasteiger charge is -2.21. The molecule has 0 aliphatic rings. The maximum Gasteiger partial charge on any atom is 0.0634 e. The maximum atomic E-state index is 8.96. The summed E-state index contributed by atoms with van der Waals surface area (Å²) in [6.07, 6.45) is 3.35. The van der Waals surface area contributed by atoms with Gasteiger partial charge < -0.3 is 9.84 Å². The Morgan fingerprint density at radius 3 is 2.94 bits per heavy atom. The van der Waals surface area contributed by atoms with Gasteiger partial charge >= 0.3 is 0 Å². The molecule has 0 spiro atoms. The smallest absolute Gasteiger partial charge is 0.0634 e. The van der Waals surface area contributed by atoms with Crippen molar-refractivity contribution in [3.63, 3.8) is 0 Å². The molecular weight excluding hydrogens is 228 g/mol. The number of hydrogen-bond donors (Lipinski definition) is 1. The van der Waals surface area contributed by atoms with Gasteiger partial charge in [0.25, 0.3) is 0 Å². The van der Waals surface area contributed by atoms with E-state index < -0.39 is 0 Å². The minimum Gasteiger partial charge on any atom is -0.395 e. The van der Waals surface area contributed by atoms with Crippen LogP contribution in [0, 0.1) is 0 Å². The van der Waals surface area contributed by atoms with Crippen LogP contribution < -0.4 is 0 Å². The van der Waals surface area contributed by atoms with Gasteiger partial charge in [0, 0.05) is 39.1 Å². The van der Waals surface area contributed by atoms with E-state index in [-0.39, 0.29) is 6.61 Å². The van der Waals surface area contributed by atoms with Gasteiger partial charge in [-0.15, -0.1) is 0 Å². The van der Waals surface area contributed by atoms with Crippen molar-refractivity contribution in [3.8, 4) is 0 Å². The lowest BCUT2D eigenvalue weighted by atomic mass is 10.2. The molecule has 0 unspecified atom stereocenters. The average Bonchev–Trinajstić information content (AvgIpc) is 2.29. The molecule has 5 heteroatoms. The second-order valence-corrected chi connectivity index (χ2v) is 3.87. The van der Waals surface area contributed by atoms with Crippen LogP contribution >= 0.6 is 11.6 Å². The standard InChI is InChI=1S/C11H17ClN2O2/c1-16-7-5-14(4-6-15)9-10-2-3-13-8-11(10)12/h2-3,8,15H,4-7,9H2,1H3. The van der Waals surface area contributed by atoms with Gasteiger partial charge in [-0.1, -0.05) is 11.6 Å². The van der Waals surface area contributed by atoms with Crippen LogP contribution in [-0.4, -0.2) is 48.4 Å². The molecule has 1 heterocycles. The van der Waals surface area contributed by atoms with E-state index in [2.05, 4.69) is 9.88 Å². The number of aliphatic hydroxyl groups is 1. The molecule has 0 bridgehead atoms. The summed E-state index contributed by atoms with van der Waals surface area (Å²) in [5.74, 6) is 0. The molecule has 0 radical (unpaired) electrons. The quantitative estimate of drug-likeness (QED) is 0.782. The van der Waals surface area contributed by atoms with Gasteiger partial charge in [0.15, 0.2) is 0 Å². The molecule has 1 N–H and O–H groups in total. The van der Waals surface area contributed by atoms with Crippen LogP contribution in [0.2, 0.25) is 5.02 Å². The molecule has 4 nitrogen and oxygen atoms in total. The van der Waals surface area contributed by atoms with Gasteiger partial charge in [-0.2, -0.15) is 0 Å². The fourth-order valence-corrected chi connectivity index (χ4v) is 1.58. The molecule has 0 saturated carbocycles. The van der Waals surface area contributed by atoms with Crippen molar-refractivity contribution in [2.24, 2.45) is 0 Å². The SMILES string of the molecule is COCCN(CCO)Cc1ccncc1Cl. The second kappa shape index (κ2) is 7.57. The first-order valence-electron chi connectivity index (χ1n) is 5.18. The maximum absolute atomic E-state index is 8.96. The first-order valence-corrected chi connectivity index (χ1v) is 5.56. The van der Waals surface area contributed by atoms with Crippen LogP contribution in [0.15, 0.2) is 18.5 Å². The first kappa shape index (κ1) is 13.4. The van der Waals surface area contributed by atoms with Crippen LogP contribution in [0.25, 0.3) is 0 Å². The molecule has 0 saturated heterocycles. The van der Waals surface area contributed by atoms with Crippen molar-refractivity contribution in [1.29, 1.82) is 0 Å². The third-order valence-corrected chi connectivity index (χ3v) is 2.62. The van der Waals surface area contributed by atoms with Gasteiger partial charge in [-0.3, -0.25) is 9.88 Å². The van der Waals surface area contributed by atoms with E-state index in [9.17, 15) is 0 Å².